The highest BCUT2D eigenvalue weighted by Crippen LogP contribution is 2.23. The molecule has 0 N–H and O–H groups in total. The van der Waals surface area contributed by atoms with Crippen LogP contribution in [-0.4, -0.2) is 22.9 Å². The molecule has 0 aliphatic carbocycles. The summed E-state index contributed by atoms with van der Waals surface area (Å²) in [7, 11) is 1.39. The molecule has 0 aliphatic rings. The maximum Gasteiger partial charge on any atom is 0.338 e. The summed E-state index contributed by atoms with van der Waals surface area (Å²) in [5, 5.41) is 5.23. The maximum atomic E-state index is 11.7. The van der Waals surface area contributed by atoms with Crippen LogP contribution in [0, 0.1) is 5.41 Å². The van der Waals surface area contributed by atoms with Gasteiger partial charge in [-0.2, -0.15) is 5.10 Å². The Bertz CT molecular complexity index is 594. The van der Waals surface area contributed by atoms with Crippen LogP contribution in [0.4, 0.5) is 0 Å². The predicted molar refractivity (Wildman–Crippen MR) is 75.1 cm³/mol. The number of aryl methyl sites for hydroxylation is 1. The summed E-state index contributed by atoms with van der Waals surface area (Å²) in [6.45, 7) is 7.47. The van der Waals surface area contributed by atoms with Crippen LogP contribution in [0.3, 0.4) is 0 Å². The van der Waals surface area contributed by atoms with Gasteiger partial charge in [0.15, 0.2) is 0 Å². The van der Waals surface area contributed by atoms with E-state index in [1.54, 1.807) is 12.3 Å². The minimum Gasteiger partial charge on any atom is -0.465 e. The summed E-state index contributed by atoms with van der Waals surface area (Å²) >= 11 is 0. The van der Waals surface area contributed by atoms with E-state index < -0.39 is 0 Å². The Kier molecular flexibility index (Phi) is 3.60. The van der Waals surface area contributed by atoms with Crippen molar-refractivity contribution in [1.82, 2.24) is 9.78 Å². The molecule has 102 valence electrons. The van der Waals surface area contributed by atoms with Gasteiger partial charge in [-0.15, -0.1) is 0 Å². The average molecular weight is 260 g/mol. The third-order valence-electron chi connectivity index (χ3n) is 3.17. The number of carbonyl (C=O) groups is 1. The van der Waals surface area contributed by atoms with Crippen LogP contribution in [0.25, 0.3) is 10.9 Å². The number of rotatable bonds is 3. The fourth-order valence-corrected chi connectivity index (χ4v) is 2.01. The van der Waals surface area contributed by atoms with E-state index in [0.717, 1.165) is 23.9 Å². The normalized spacial score (nSPS) is 11.8. The Balaban J connectivity index is 2.36. The Morgan fingerprint density at radius 2 is 2.11 bits per heavy atom. The van der Waals surface area contributed by atoms with Crippen LogP contribution in [0.15, 0.2) is 24.4 Å². The van der Waals surface area contributed by atoms with Crippen LogP contribution in [-0.2, 0) is 11.3 Å². The number of fused-ring (bicyclic) bond motifs is 1. The molecule has 0 saturated heterocycles. The molecule has 4 nitrogen and oxygen atoms in total. The van der Waals surface area contributed by atoms with E-state index in [1.807, 2.05) is 16.8 Å². The van der Waals surface area contributed by atoms with E-state index in [9.17, 15) is 4.79 Å². The van der Waals surface area contributed by atoms with Gasteiger partial charge in [-0.3, -0.25) is 4.68 Å². The highest BCUT2D eigenvalue weighted by Gasteiger charge is 2.15. The lowest BCUT2D eigenvalue weighted by atomic mass is 9.92. The zero-order valence-corrected chi connectivity index (χ0v) is 11.9. The molecular formula is C15H20N2O2. The van der Waals surface area contributed by atoms with Crippen molar-refractivity contribution in [3.05, 3.63) is 30.0 Å². The van der Waals surface area contributed by atoms with Gasteiger partial charge in [-0.25, -0.2) is 4.79 Å². The van der Waals surface area contributed by atoms with Gasteiger partial charge in [-0.05, 0) is 24.0 Å². The number of esters is 1. The molecule has 19 heavy (non-hydrogen) atoms. The van der Waals surface area contributed by atoms with Crippen molar-refractivity contribution in [2.75, 3.05) is 7.11 Å². The number of carbonyl (C=O) groups excluding carboxylic acids is 1. The summed E-state index contributed by atoms with van der Waals surface area (Å²) in [6.07, 6.45) is 2.77. The smallest absolute Gasteiger partial charge is 0.338 e. The number of benzene rings is 1. The van der Waals surface area contributed by atoms with Crippen LogP contribution >= 0.6 is 0 Å². The fraction of sp³-hybridized carbons (Fsp3) is 0.467. The Labute approximate surface area is 113 Å². The van der Waals surface area contributed by atoms with E-state index in [0.29, 0.717) is 5.56 Å². The molecular weight excluding hydrogens is 240 g/mol. The lowest BCUT2D eigenvalue weighted by Gasteiger charge is -2.17. The van der Waals surface area contributed by atoms with Crippen molar-refractivity contribution in [1.29, 1.82) is 0 Å². The van der Waals surface area contributed by atoms with Crippen molar-refractivity contribution in [3.8, 4) is 0 Å². The molecule has 1 aromatic carbocycles. The first-order valence-corrected chi connectivity index (χ1v) is 6.45. The molecule has 0 atom stereocenters. The number of aromatic nitrogens is 2. The molecule has 0 unspecified atom stereocenters. The van der Waals surface area contributed by atoms with Gasteiger partial charge >= 0.3 is 5.97 Å². The van der Waals surface area contributed by atoms with Crippen molar-refractivity contribution >= 4 is 16.9 Å². The van der Waals surface area contributed by atoms with Crippen LogP contribution in [0.2, 0.25) is 0 Å². The second kappa shape index (κ2) is 5.03. The first kappa shape index (κ1) is 13.6. The fourth-order valence-electron chi connectivity index (χ4n) is 2.01. The van der Waals surface area contributed by atoms with Gasteiger partial charge in [0.2, 0.25) is 0 Å². The molecule has 2 rings (SSSR count). The van der Waals surface area contributed by atoms with Gasteiger partial charge in [0.1, 0.15) is 0 Å². The molecule has 0 saturated carbocycles. The largest absolute Gasteiger partial charge is 0.465 e. The van der Waals surface area contributed by atoms with Gasteiger partial charge in [0.25, 0.3) is 0 Å². The third-order valence-corrected chi connectivity index (χ3v) is 3.17. The Morgan fingerprint density at radius 1 is 1.37 bits per heavy atom. The van der Waals surface area contributed by atoms with Crippen molar-refractivity contribution < 1.29 is 9.53 Å². The van der Waals surface area contributed by atoms with Gasteiger partial charge in [0.05, 0.1) is 24.4 Å². The van der Waals surface area contributed by atoms with E-state index >= 15 is 0 Å². The highest BCUT2D eigenvalue weighted by molar-refractivity contribution is 6.03. The topological polar surface area (TPSA) is 44.1 Å². The van der Waals surface area contributed by atoms with Crippen molar-refractivity contribution in [2.24, 2.45) is 5.41 Å². The number of methoxy groups -OCH3 is 1. The monoisotopic (exact) mass is 260 g/mol. The summed E-state index contributed by atoms with van der Waals surface area (Å²) in [6, 6.07) is 5.62. The Hall–Kier alpha value is -1.84. The summed E-state index contributed by atoms with van der Waals surface area (Å²) in [4.78, 5) is 11.7. The lowest BCUT2D eigenvalue weighted by Crippen LogP contribution is -2.11. The number of hydrogen-bond acceptors (Lipinski definition) is 3. The minimum atomic E-state index is -0.319. The number of hydrogen-bond donors (Lipinski definition) is 0. The first-order valence-electron chi connectivity index (χ1n) is 6.45. The van der Waals surface area contributed by atoms with Gasteiger partial charge < -0.3 is 4.74 Å². The summed E-state index contributed by atoms with van der Waals surface area (Å²) < 4.78 is 6.74. The molecule has 0 spiro atoms. The number of nitrogens with zero attached hydrogens (tertiary/aromatic N) is 2. The van der Waals surface area contributed by atoms with E-state index in [2.05, 4.69) is 25.9 Å². The van der Waals surface area contributed by atoms with Crippen LogP contribution in [0.1, 0.15) is 37.6 Å². The van der Waals surface area contributed by atoms with Crippen LogP contribution in [0.5, 0.6) is 0 Å². The molecule has 4 heteroatoms. The molecule has 0 bridgehead atoms. The molecule has 0 radical (unpaired) electrons. The maximum absolute atomic E-state index is 11.7. The lowest BCUT2D eigenvalue weighted by molar-refractivity contribution is 0.0603. The van der Waals surface area contributed by atoms with E-state index in [1.165, 1.54) is 7.11 Å². The SMILES string of the molecule is COC(=O)c1cccc2c1cnn2CCC(C)(C)C. The first-order chi connectivity index (χ1) is 8.92. The molecule has 2 aromatic rings. The van der Waals surface area contributed by atoms with Gasteiger partial charge in [-0.1, -0.05) is 26.8 Å². The molecule has 1 aromatic heterocycles. The zero-order chi connectivity index (χ0) is 14.0. The molecule has 1 heterocycles. The minimum absolute atomic E-state index is 0.262. The number of ether oxygens (including phenoxy) is 1. The summed E-state index contributed by atoms with van der Waals surface area (Å²) in [5.74, 6) is -0.319. The van der Waals surface area contributed by atoms with Crippen LogP contribution < -0.4 is 0 Å². The second-order valence-corrected chi connectivity index (χ2v) is 5.91. The molecule has 0 amide bonds. The highest BCUT2D eigenvalue weighted by atomic mass is 16.5. The molecule has 0 aliphatic heterocycles. The standard InChI is InChI=1S/C15H20N2O2/c1-15(2,3)8-9-17-13-7-5-6-11(14(18)19-4)12(13)10-16-17/h5-7,10H,8-9H2,1-4H3. The zero-order valence-electron chi connectivity index (χ0n) is 11.9. The summed E-state index contributed by atoms with van der Waals surface area (Å²) in [5.41, 5.74) is 1.81. The third kappa shape index (κ3) is 2.95. The van der Waals surface area contributed by atoms with E-state index in [4.69, 9.17) is 4.74 Å². The van der Waals surface area contributed by atoms with Crippen molar-refractivity contribution in [2.45, 2.75) is 33.7 Å². The predicted octanol–water partition coefficient (Wildman–Crippen LogP) is 3.26. The Morgan fingerprint density at radius 3 is 2.74 bits per heavy atom. The van der Waals surface area contributed by atoms with Gasteiger partial charge in [0, 0.05) is 11.9 Å². The average Bonchev–Trinajstić information content (AvgIpc) is 2.77. The quantitative estimate of drug-likeness (QED) is 0.796. The van der Waals surface area contributed by atoms with Crippen molar-refractivity contribution in [3.63, 3.8) is 0 Å². The second-order valence-electron chi connectivity index (χ2n) is 5.91. The molecule has 0 fully saturated rings. The van der Waals surface area contributed by atoms with E-state index in [-0.39, 0.29) is 11.4 Å².